The number of pyridine rings is 1. The highest BCUT2D eigenvalue weighted by molar-refractivity contribution is 5.09. The Morgan fingerprint density at radius 2 is 2.12 bits per heavy atom. The van der Waals surface area contributed by atoms with Crippen LogP contribution in [0.1, 0.15) is 44.6 Å². The molecule has 1 N–H and O–H groups in total. The van der Waals surface area contributed by atoms with Gasteiger partial charge in [-0.15, -0.1) is 0 Å². The largest absolute Gasteiger partial charge is 0.310 e. The summed E-state index contributed by atoms with van der Waals surface area (Å²) in [6, 6.07) is 4.91. The van der Waals surface area contributed by atoms with Gasteiger partial charge in [-0.3, -0.25) is 4.98 Å². The van der Waals surface area contributed by atoms with Crippen LogP contribution in [0.15, 0.2) is 24.5 Å². The summed E-state index contributed by atoms with van der Waals surface area (Å²) in [6.07, 6.45) is 10.6. The van der Waals surface area contributed by atoms with Crippen molar-refractivity contribution in [3.63, 3.8) is 0 Å². The van der Waals surface area contributed by atoms with Crippen molar-refractivity contribution in [1.29, 1.82) is 0 Å². The molecule has 1 heterocycles. The average Bonchev–Trinajstić information content (AvgIpc) is 2.38. The first-order chi connectivity index (χ1) is 7.88. The van der Waals surface area contributed by atoms with Crippen LogP contribution in [0.25, 0.3) is 0 Å². The first kappa shape index (κ1) is 11.6. The summed E-state index contributed by atoms with van der Waals surface area (Å²) in [5.74, 6) is 0.948. The molecule has 1 saturated carbocycles. The molecule has 88 valence electrons. The van der Waals surface area contributed by atoms with Crippen LogP contribution in [0.2, 0.25) is 0 Å². The van der Waals surface area contributed by atoms with Crippen LogP contribution in [0.5, 0.6) is 0 Å². The summed E-state index contributed by atoms with van der Waals surface area (Å²) in [7, 11) is 0. The van der Waals surface area contributed by atoms with E-state index in [0.717, 1.165) is 18.5 Å². The molecule has 1 aromatic heterocycles. The van der Waals surface area contributed by atoms with Gasteiger partial charge in [-0.1, -0.05) is 26.2 Å². The van der Waals surface area contributed by atoms with Crippen molar-refractivity contribution >= 4 is 0 Å². The molecule has 0 saturated heterocycles. The van der Waals surface area contributed by atoms with E-state index in [1.165, 1.54) is 37.7 Å². The van der Waals surface area contributed by atoms with Crippen LogP contribution in [0.3, 0.4) is 0 Å². The van der Waals surface area contributed by atoms with E-state index < -0.39 is 0 Å². The van der Waals surface area contributed by atoms with Gasteiger partial charge < -0.3 is 5.32 Å². The second-order valence-corrected chi connectivity index (χ2v) is 4.87. The van der Waals surface area contributed by atoms with E-state index in [1.54, 1.807) is 0 Å². The van der Waals surface area contributed by atoms with Gasteiger partial charge in [0.05, 0.1) is 0 Å². The van der Waals surface area contributed by atoms with Crippen molar-refractivity contribution < 1.29 is 0 Å². The molecule has 2 heteroatoms. The van der Waals surface area contributed by atoms with Crippen molar-refractivity contribution in [1.82, 2.24) is 10.3 Å². The lowest BCUT2D eigenvalue weighted by Gasteiger charge is -2.29. The molecule has 2 rings (SSSR count). The molecule has 0 aromatic carbocycles. The van der Waals surface area contributed by atoms with Gasteiger partial charge >= 0.3 is 0 Å². The highest BCUT2D eigenvalue weighted by Gasteiger charge is 2.19. The molecule has 1 fully saturated rings. The molecular formula is C14H22N2. The summed E-state index contributed by atoms with van der Waals surface area (Å²) in [5, 5.41) is 3.67. The quantitative estimate of drug-likeness (QED) is 0.839. The minimum Gasteiger partial charge on any atom is -0.310 e. The van der Waals surface area contributed by atoms with E-state index in [1.807, 2.05) is 12.4 Å². The van der Waals surface area contributed by atoms with Gasteiger partial charge in [0, 0.05) is 25.0 Å². The van der Waals surface area contributed by atoms with Crippen molar-refractivity contribution in [2.75, 3.05) is 0 Å². The third-order valence-corrected chi connectivity index (χ3v) is 3.70. The summed E-state index contributed by atoms with van der Waals surface area (Å²) in [6.45, 7) is 3.31. The Morgan fingerprint density at radius 1 is 1.31 bits per heavy atom. The Balaban J connectivity index is 1.77. The highest BCUT2D eigenvalue weighted by Crippen LogP contribution is 2.26. The molecule has 2 unspecified atom stereocenters. The van der Waals surface area contributed by atoms with E-state index in [-0.39, 0.29) is 0 Å². The Morgan fingerprint density at radius 3 is 2.88 bits per heavy atom. The number of hydrogen-bond donors (Lipinski definition) is 1. The van der Waals surface area contributed by atoms with Crippen LogP contribution in [-0.4, -0.2) is 11.0 Å². The van der Waals surface area contributed by atoms with E-state index in [0.29, 0.717) is 0 Å². The fourth-order valence-corrected chi connectivity index (χ4v) is 2.61. The first-order valence-electron chi connectivity index (χ1n) is 6.50. The van der Waals surface area contributed by atoms with Crippen molar-refractivity contribution in [2.24, 2.45) is 5.92 Å². The second kappa shape index (κ2) is 6.00. The van der Waals surface area contributed by atoms with Crippen LogP contribution in [-0.2, 0) is 6.54 Å². The molecule has 0 radical (unpaired) electrons. The molecule has 0 spiro atoms. The van der Waals surface area contributed by atoms with Crippen molar-refractivity contribution in [3.05, 3.63) is 30.1 Å². The van der Waals surface area contributed by atoms with Gasteiger partial charge in [0.15, 0.2) is 0 Å². The molecule has 0 bridgehead atoms. The lowest BCUT2D eigenvalue weighted by molar-refractivity contribution is 0.278. The zero-order valence-corrected chi connectivity index (χ0v) is 10.2. The number of aromatic nitrogens is 1. The Bertz CT molecular complexity index is 297. The molecule has 1 aliphatic carbocycles. The monoisotopic (exact) mass is 218 g/mol. The van der Waals surface area contributed by atoms with Crippen LogP contribution < -0.4 is 5.32 Å². The zero-order valence-electron chi connectivity index (χ0n) is 10.2. The number of nitrogens with one attached hydrogen (secondary N) is 1. The predicted molar refractivity (Wildman–Crippen MR) is 67.1 cm³/mol. The first-order valence-corrected chi connectivity index (χ1v) is 6.50. The van der Waals surface area contributed by atoms with E-state index in [2.05, 4.69) is 29.4 Å². The average molecular weight is 218 g/mol. The highest BCUT2D eigenvalue weighted by atomic mass is 14.9. The molecule has 16 heavy (non-hydrogen) atoms. The molecule has 0 amide bonds. The number of hydrogen-bond acceptors (Lipinski definition) is 2. The molecule has 0 aliphatic heterocycles. The second-order valence-electron chi connectivity index (χ2n) is 4.87. The minimum absolute atomic E-state index is 0.729. The lowest BCUT2D eigenvalue weighted by atomic mass is 9.84. The summed E-state index contributed by atoms with van der Waals surface area (Å²) in [5.41, 5.74) is 1.34. The Labute approximate surface area is 98.5 Å². The fourth-order valence-electron chi connectivity index (χ4n) is 2.61. The molecule has 1 aromatic rings. The van der Waals surface area contributed by atoms with Gasteiger partial charge in [0.25, 0.3) is 0 Å². The number of nitrogens with zero attached hydrogens (tertiary/aromatic N) is 1. The lowest BCUT2D eigenvalue weighted by Crippen LogP contribution is -2.33. The number of rotatable bonds is 4. The molecule has 2 nitrogen and oxygen atoms in total. The Kier molecular flexibility index (Phi) is 4.34. The normalized spacial score (nSPS) is 25.6. The van der Waals surface area contributed by atoms with E-state index in [9.17, 15) is 0 Å². The van der Waals surface area contributed by atoms with Gasteiger partial charge in [0.1, 0.15) is 0 Å². The SMILES string of the molecule is CCC1CCCC(NCc2ccncc2)C1. The maximum atomic E-state index is 4.04. The summed E-state index contributed by atoms with van der Waals surface area (Å²) >= 11 is 0. The third-order valence-electron chi connectivity index (χ3n) is 3.70. The minimum atomic E-state index is 0.729. The fraction of sp³-hybridized carbons (Fsp3) is 0.643. The van der Waals surface area contributed by atoms with Crippen molar-refractivity contribution in [2.45, 2.75) is 51.6 Å². The van der Waals surface area contributed by atoms with E-state index >= 15 is 0 Å². The zero-order chi connectivity index (χ0) is 11.2. The van der Waals surface area contributed by atoms with E-state index in [4.69, 9.17) is 0 Å². The maximum absolute atomic E-state index is 4.04. The molecule has 1 aliphatic rings. The van der Waals surface area contributed by atoms with Gasteiger partial charge in [-0.25, -0.2) is 0 Å². The maximum Gasteiger partial charge on any atom is 0.0271 e. The summed E-state index contributed by atoms with van der Waals surface area (Å²) < 4.78 is 0. The van der Waals surface area contributed by atoms with Crippen LogP contribution in [0, 0.1) is 5.92 Å². The van der Waals surface area contributed by atoms with Gasteiger partial charge in [-0.2, -0.15) is 0 Å². The van der Waals surface area contributed by atoms with Crippen molar-refractivity contribution in [3.8, 4) is 0 Å². The topological polar surface area (TPSA) is 24.9 Å². The van der Waals surface area contributed by atoms with Crippen LogP contribution in [0.4, 0.5) is 0 Å². The van der Waals surface area contributed by atoms with Crippen LogP contribution >= 0.6 is 0 Å². The Hall–Kier alpha value is -0.890. The smallest absolute Gasteiger partial charge is 0.0271 e. The molecular weight excluding hydrogens is 196 g/mol. The molecule has 2 atom stereocenters. The predicted octanol–water partition coefficient (Wildman–Crippen LogP) is 3.14. The third kappa shape index (κ3) is 3.31. The van der Waals surface area contributed by atoms with Gasteiger partial charge in [-0.05, 0) is 36.5 Å². The van der Waals surface area contributed by atoms with Gasteiger partial charge in [0.2, 0.25) is 0 Å². The standard InChI is InChI=1S/C14H22N2/c1-2-12-4-3-5-14(10-12)16-11-13-6-8-15-9-7-13/h6-9,12,14,16H,2-5,10-11H2,1H3. The summed E-state index contributed by atoms with van der Waals surface area (Å²) in [4.78, 5) is 4.04.